The van der Waals surface area contributed by atoms with Crippen molar-refractivity contribution in [2.45, 2.75) is 20.5 Å². The summed E-state index contributed by atoms with van der Waals surface area (Å²) >= 11 is 5.84. The van der Waals surface area contributed by atoms with E-state index in [0.717, 1.165) is 16.7 Å². The molecule has 3 rings (SSSR count). The Labute approximate surface area is 144 Å². The standard InChI is InChI=1S/C18H15ClN2O3/c1-11-3-4-14(9-12(11)2)18(22)23-10-16-20-21-17(24-16)13-5-7-15(19)8-6-13/h3-9H,10H2,1-2H3. The van der Waals surface area contributed by atoms with Gasteiger partial charge in [-0.25, -0.2) is 4.79 Å². The van der Waals surface area contributed by atoms with E-state index >= 15 is 0 Å². The number of hydrogen-bond acceptors (Lipinski definition) is 5. The van der Waals surface area contributed by atoms with Crippen molar-refractivity contribution >= 4 is 17.6 Å². The molecule has 2 aromatic carbocycles. The van der Waals surface area contributed by atoms with E-state index in [0.29, 0.717) is 16.5 Å². The number of carbonyl (C=O) groups excluding carboxylic acids is 1. The molecule has 1 aromatic heterocycles. The largest absolute Gasteiger partial charge is 0.452 e. The number of benzene rings is 2. The van der Waals surface area contributed by atoms with E-state index in [1.807, 2.05) is 19.9 Å². The molecule has 0 bridgehead atoms. The van der Waals surface area contributed by atoms with Gasteiger partial charge in [0.15, 0.2) is 6.61 Å². The van der Waals surface area contributed by atoms with Gasteiger partial charge < -0.3 is 9.15 Å². The molecule has 1 heterocycles. The fourth-order valence-corrected chi connectivity index (χ4v) is 2.23. The zero-order chi connectivity index (χ0) is 17.1. The third kappa shape index (κ3) is 3.63. The van der Waals surface area contributed by atoms with Crippen molar-refractivity contribution in [1.29, 1.82) is 0 Å². The number of esters is 1. The topological polar surface area (TPSA) is 65.2 Å². The molecule has 0 fully saturated rings. The molecule has 6 heteroatoms. The molecule has 0 aliphatic heterocycles. The van der Waals surface area contributed by atoms with E-state index < -0.39 is 5.97 Å². The first-order valence-electron chi connectivity index (χ1n) is 7.35. The highest BCUT2D eigenvalue weighted by atomic mass is 35.5. The van der Waals surface area contributed by atoms with Crippen LogP contribution in [0.5, 0.6) is 0 Å². The summed E-state index contributed by atoms with van der Waals surface area (Å²) in [5.74, 6) is 0.158. The smallest absolute Gasteiger partial charge is 0.338 e. The van der Waals surface area contributed by atoms with Crippen LogP contribution in [0.25, 0.3) is 11.5 Å². The fraction of sp³-hybridized carbons (Fsp3) is 0.167. The predicted molar refractivity (Wildman–Crippen MR) is 89.8 cm³/mol. The molecule has 0 unspecified atom stereocenters. The van der Waals surface area contributed by atoms with E-state index in [-0.39, 0.29) is 12.5 Å². The van der Waals surface area contributed by atoms with Crippen LogP contribution >= 0.6 is 11.6 Å². The van der Waals surface area contributed by atoms with E-state index in [2.05, 4.69) is 10.2 Å². The molecular weight excluding hydrogens is 328 g/mol. The summed E-state index contributed by atoms with van der Waals surface area (Å²) in [5.41, 5.74) is 3.40. The van der Waals surface area contributed by atoms with Gasteiger partial charge in [-0.15, -0.1) is 10.2 Å². The van der Waals surface area contributed by atoms with Crippen molar-refractivity contribution in [3.05, 3.63) is 70.1 Å². The third-order valence-corrected chi connectivity index (χ3v) is 3.88. The van der Waals surface area contributed by atoms with Crippen LogP contribution in [0, 0.1) is 13.8 Å². The average Bonchev–Trinajstić information content (AvgIpc) is 3.05. The quantitative estimate of drug-likeness (QED) is 0.659. The summed E-state index contributed by atoms with van der Waals surface area (Å²) in [6.07, 6.45) is 0. The van der Waals surface area contributed by atoms with Gasteiger partial charge in [0.25, 0.3) is 5.89 Å². The third-order valence-electron chi connectivity index (χ3n) is 3.63. The minimum Gasteiger partial charge on any atom is -0.452 e. The summed E-state index contributed by atoms with van der Waals surface area (Å²) in [7, 11) is 0. The predicted octanol–water partition coefficient (Wildman–Crippen LogP) is 4.36. The minimum absolute atomic E-state index is 0.0770. The Balaban J connectivity index is 1.65. The lowest BCUT2D eigenvalue weighted by molar-refractivity contribution is 0.0438. The van der Waals surface area contributed by atoms with E-state index in [1.165, 1.54) is 0 Å². The highest BCUT2D eigenvalue weighted by Gasteiger charge is 2.13. The highest BCUT2D eigenvalue weighted by Crippen LogP contribution is 2.20. The first kappa shape index (κ1) is 16.2. The highest BCUT2D eigenvalue weighted by molar-refractivity contribution is 6.30. The van der Waals surface area contributed by atoms with Crippen LogP contribution < -0.4 is 0 Å². The Bertz CT molecular complexity index is 872. The summed E-state index contributed by atoms with van der Waals surface area (Å²) in [4.78, 5) is 12.1. The molecule has 0 saturated heterocycles. The van der Waals surface area contributed by atoms with Crippen LogP contribution in [0.4, 0.5) is 0 Å². The van der Waals surface area contributed by atoms with E-state index in [1.54, 1.807) is 36.4 Å². The van der Waals surface area contributed by atoms with Crippen LogP contribution in [0.2, 0.25) is 5.02 Å². The van der Waals surface area contributed by atoms with Gasteiger partial charge in [-0.3, -0.25) is 0 Å². The lowest BCUT2D eigenvalue weighted by Gasteiger charge is -2.04. The first-order chi connectivity index (χ1) is 11.5. The number of nitrogens with zero attached hydrogens (tertiary/aromatic N) is 2. The Morgan fingerprint density at radius 2 is 1.83 bits per heavy atom. The second-order valence-electron chi connectivity index (χ2n) is 5.38. The lowest BCUT2D eigenvalue weighted by Crippen LogP contribution is -2.06. The maximum Gasteiger partial charge on any atom is 0.338 e. The lowest BCUT2D eigenvalue weighted by atomic mass is 10.1. The molecule has 0 radical (unpaired) electrons. The molecule has 24 heavy (non-hydrogen) atoms. The number of halogens is 1. The number of carbonyl (C=O) groups is 1. The molecular formula is C18H15ClN2O3. The fourth-order valence-electron chi connectivity index (χ4n) is 2.10. The Hall–Kier alpha value is -2.66. The maximum atomic E-state index is 12.1. The molecule has 0 aliphatic rings. The number of ether oxygens (including phenoxy) is 1. The van der Waals surface area contributed by atoms with Gasteiger partial charge in [0.2, 0.25) is 5.89 Å². The van der Waals surface area contributed by atoms with Crippen molar-refractivity contribution in [1.82, 2.24) is 10.2 Å². The monoisotopic (exact) mass is 342 g/mol. The number of hydrogen-bond donors (Lipinski definition) is 0. The van der Waals surface area contributed by atoms with Gasteiger partial charge >= 0.3 is 5.97 Å². The summed E-state index contributed by atoms with van der Waals surface area (Å²) in [5, 5.41) is 8.45. The SMILES string of the molecule is Cc1ccc(C(=O)OCc2nnc(-c3ccc(Cl)cc3)o2)cc1C. The number of aromatic nitrogens is 2. The molecule has 0 spiro atoms. The molecule has 0 atom stereocenters. The first-order valence-corrected chi connectivity index (χ1v) is 7.73. The van der Waals surface area contributed by atoms with Crippen molar-refractivity contribution < 1.29 is 13.9 Å². The van der Waals surface area contributed by atoms with Gasteiger partial charge in [-0.05, 0) is 61.4 Å². The second-order valence-corrected chi connectivity index (χ2v) is 5.82. The van der Waals surface area contributed by atoms with Gasteiger partial charge in [0, 0.05) is 10.6 Å². The summed E-state index contributed by atoms with van der Waals surface area (Å²) in [6, 6.07) is 12.4. The normalized spacial score (nSPS) is 10.6. The molecule has 0 saturated carbocycles. The van der Waals surface area contributed by atoms with Crippen molar-refractivity contribution in [2.75, 3.05) is 0 Å². The van der Waals surface area contributed by atoms with Gasteiger partial charge in [0.05, 0.1) is 5.56 Å². The van der Waals surface area contributed by atoms with E-state index in [9.17, 15) is 4.79 Å². The minimum atomic E-state index is -0.427. The molecule has 0 aliphatic carbocycles. The average molecular weight is 343 g/mol. The maximum absolute atomic E-state index is 12.1. The molecule has 122 valence electrons. The molecule has 0 N–H and O–H groups in total. The number of aryl methyl sites for hydroxylation is 2. The summed E-state index contributed by atoms with van der Waals surface area (Å²) in [6.45, 7) is 3.86. The van der Waals surface area contributed by atoms with Gasteiger partial charge in [-0.2, -0.15) is 0 Å². The Kier molecular flexibility index (Phi) is 4.62. The molecule has 0 amide bonds. The zero-order valence-corrected chi connectivity index (χ0v) is 14.0. The zero-order valence-electron chi connectivity index (χ0n) is 13.2. The van der Waals surface area contributed by atoms with Crippen LogP contribution in [0.3, 0.4) is 0 Å². The van der Waals surface area contributed by atoms with Crippen molar-refractivity contribution in [2.24, 2.45) is 0 Å². The number of rotatable bonds is 4. The van der Waals surface area contributed by atoms with Gasteiger partial charge in [-0.1, -0.05) is 17.7 Å². The van der Waals surface area contributed by atoms with Crippen LogP contribution in [0.15, 0.2) is 46.9 Å². The Morgan fingerprint density at radius 1 is 1.08 bits per heavy atom. The van der Waals surface area contributed by atoms with E-state index in [4.69, 9.17) is 20.8 Å². The summed E-state index contributed by atoms with van der Waals surface area (Å²) < 4.78 is 10.7. The molecule has 3 aromatic rings. The van der Waals surface area contributed by atoms with Gasteiger partial charge in [0.1, 0.15) is 0 Å². The van der Waals surface area contributed by atoms with Crippen LogP contribution in [-0.4, -0.2) is 16.2 Å². The molecule has 5 nitrogen and oxygen atoms in total. The van der Waals surface area contributed by atoms with Crippen LogP contribution in [0.1, 0.15) is 27.4 Å². The Morgan fingerprint density at radius 3 is 2.54 bits per heavy atom. The van der Waals surface area contributed by atoms with Crippen molar-refractivity contribution in [3.63, 3.8) is 0 Å². The van der Waals surface area contributed by atoms with Crippen molar-refractivity contribution in [3.8, 4) is 11.5 Å². The second kappa shape index (κ2) is 6.84. The van der Waals surface area contributed by atoms with Crippen LogP contribution in [-0.2, 0) is 11.3 Å².